The van der Waals surface area contributed by atoms with Crippen molar-refractivity contribution in [3.8, 4) is 0 Å². The standard InChI is InChI=1S/C9H16O3/c1-4-5-9(6-7-11-3)12-8(2)10/h4-5,9H,6-7H2,1-3H3/b5-4+. The number of hydrogen-bond donors (Lipinski definition) is 0. The summed E-state index contributed by atoms with van der Waals surface area (Å²) in [4.78, 5) is 10.6. The second kappa shape index (κ2) is 6.85. The number of carbonyl (C=O) groups excluding carboxylic acids is 1. The topological polar surface area (TPSA) is 35.5 Å². The number of ether oxygens (including phenoxy) is 2. The van der Waals surface area contributed by atoms with Gasteiger partial charge in [0.1, 0.15) is 6.10 Å². The lowest BCUT2D eigenvalue weighted by Crippen LogP contribution is -2.15. The molecule has 1 unspecified atom stereocenters. The Morgan fingerprint density at radius 2 is 2.25 bits per heavy atom. The molecule has 1 atom stereocenters. The number of esters is 1. The highest BCUT2D eigenvalue weighted by Gasteiger charge is 2.06. The molecule has 0 fully saturated rings. The molecule has 12 heavy (non-hydrogen) atoms. The Balaban J connectivity index is 3.77. The van der Waals surface area contributed by atoms with E-state index in [1.807, 2.05) is 19.1 Å². The molecule has 0 aromatic rings. The van der Waals surface area contributed by atoms with E-state index in [1.54, 1.807) is 7.11 Å². The number of hydrogen-bond acceptors (Lipinski definition) is 3. The third kappa shape index (κ3) is 5.92. The van der Waals surface area contributed by atoms with Crippen molar-refractivity contribution in [3.05, 3.63) is 12.2 Å². The Labute approximate surface area is 73.4 Å². The zero-order valence-electron chi connectivity index (χ0n) is 7.87. The second-order valence-corrected chi connectivity index (χ2v) is 2.46. The summed E-state index contributed by atoms with van der Waals surface area (Å²) in [5, 5.41) is 0. The summed E-state index contributed by atoms with van der Waals surface area (Å²) >= 11 is 0. The third-order valence-electron chi connectivity index (χ3n) is 1.33. The number of allylic oxidation sites excluding steroid dienone is 1. The highest BCUT2D eigenvalue weighted by molar-refractivity contribution is 5.66. The fourth-order valence-electron chi connectivity index (χ4n) is 0.856. The molecule has 0 saturated carbocycles. The quantitative estimate of drug-likeness (QED) is 0.466. The lowest BCUT2D eigenvalue weighted by atomic mass is 10.2. The van der Waals surface area contributed by atoms with Crippen LogP contribution in [0, 0.1) is 0 Å². The Hall–Kier alpha value is -0.830. The van der Waals surface area contributed by atoms with E-state index in [4.69, 9.17) is 9.47 Å². The van der Waals surface area contributed by atoms with Crippen molar-refractivity contribution in [2.75, 3.05) is 13.7 Å². The molecule has 3 nitrogen and oxygen atoms in total. The van der Waals surface area contributed by atoms with E-state index in [0.29, 0.717) is 13.0 Å². The van der Waals surface area contributed by atoms with E-state index in [-0.39, 0.29) is 12.1 Å². The summed E-state index contributed by atoms with van der Waals surface area (Å²) < 4.78 is 9.86. The molecule has 0 aromatic heterocycles. The van der Waals surface area contributed by atoms with E-state index >= 15 is 0 Å². The first-order valence-corrected chi connectivity index (χ1v) is 3.99. The minimum atomic E-state index is -0.255. The van der Waals surface area contributed by atoms with Crippen LogP contribution < -0.4 is 0 Å². The summed E-state index contributed by atoms with van der Waals surface area (Å²) in [6.45, 7) is 3.90. The van der Waals surface area contributed by atoms with Gasteiger partial charge in [-0.15, -0.1) is 0 Å². The Morgan fingerprint density at radius 3 is 2.67 bits per heavy atom. The van der Waals surface area contributed by atoms with Crippen molar-refractivity contribution in [3.63, 3.8) is 0 Å². The summed E-state index contributed by atoms with van der Waals surface area (Å²) in [5.41, 5.74) is 0. The summed E-state index contributed by atoms with van der Waals surface area (Å²) in [6, 6.07) is 0. The van der Waals surface area contributed by atoms with Crippen LogP contribution in [0.1, 0.15) is 20.3 Å². The van der Waals surface area contributed by atoms with E-state index in [2.05, 4.69) is 0 Å². The van der Waals surface area contributed by atoms with Crippen molar-refractivity contribution >= 4 is 5.97 Å². The molecule has 70 valence electrons. The van der Waals surface area contributed by atoms with E-state index in [9.17, 15) is 4.79 Å². The normalized spacial score (nSPS) is 13.2. The first kappa shape index (κ1) is 11.2. The van der Waals surface area contributed by atoms with Gasteiger partial charge < -0.3 is 9.47 Å². The van der Waals surface area contributed by atoms with Crippen LogP contribution in [0.2, 0.25) is 0 Å². The van der Waals surface area contributed by atoms with Gasteiger partial charge in [0, 0.05) is 20.5 Å². The van der Waals surface area contributed by atoms with E-state index in [0.717, 1.165) is 0 Å². The largest absolute Gasteiger partial charge is 0.458 e. The van der Waals surface area contributed by atoms with Gasteiger partial charge >= 0.3 is 5.97 Å². The van der Waals surface area contributed by atoms with Crippen LogP contribution in [-0.4, -0.2) is 25.8 Å². The van der Waals surface area contributed by atoms with Crippen molar-refractivity contribution in [2.24, 2.45) is 0 Å². The van der Waals surface area contributed by atoms with Gasteiger partial charge in [0.15, 0.2) is 0 Å². The van der Waals surface area contributed by atoms with Crippen molar-refractivity contribution in [1.82, 2.24) is 0 Å². The molecule has 0 rings (SSSR count). The highest BCUT2D eigenvalue weighted by atomic mass is 16.5. The van der Waals surface area contributed by atoms with Gasteiger partial charge in [0.05, 0.1) is 6.61 Å². The summed E-state index contributed by atoms with van der Waals surface area (Å²) in [5.74, 6) is -0.255. The molecule has 0 aromatic carbocycles. The second-order valence-electron chi connectivity index (χ2n) is 2.46. The fourth-order valence-corrected chi connectivity index (χ4v) is 0.856. The molecule has 0 radical (unpaired) electrons. The highest BCUT2D eigenvalue weighted by Crippen LogP contribution is 2.01. The van der Waals surface area contributed by atoms with Crippen LogP contribution in [0.3, 0.4) is 0 Å². The van der Waals surface area contributed by atoms with Crippen molar-refractivity contribution < 1.29 is 14.3 Å². The SMILES string of the molecule is C/C=C/C(CCOC)OC(C)=O. The smallest absolute Gasteiger partial charge is 0.303 e. The molecule has 0 N–H and O–H groups in total. The Kier molecular flexibility index (Phi) is 6.38. The Morgan fingerprint density at radius 1 is 1.58 bits per heavy atom. The number of carbonyl (C=O) groups is 1. The van der Waals surface area contributed by atoms with E-state index in [1.165, 1.54) is 6.92 Å². The minimum Gasteiger partial charge on any atom is -0.458 e. The Bertz CT molecular complexity index is 152. The lowest BCUT2D eigenvalue weighted by molar-refractivity contribution is -0.144. The zero-order chi connectivity index (χ0) is 9.40. The predicted octanol–water partition coefficient (Wildman–Crippen LogP) is 1.53. The molecule has 0 saturated heterocycles. The molecular formula is C9H16O3. The van der Waals surface area contributed by atoms with Gasteiger partial charge in [0.2, 0.25) is 0 Å². The van der Waals surface area contributed by atoms with Crippen LogP contribution in [0.4, 0.5) is 0 Å². The van der Waals surface area contributed by atoms with Crippen LogP contribution >= 0.6 is 0 Å². The average Bonchev–Trinajstić information content (AvgIpc) is 2.00. The maximum atomic E-state index is 10.6. The monoisotopic (exact) mass is 172 g/mol. The molecule has 0 bridgehead atoms. The number of methoxy groups -OCH3 is 1. The van der Waals surface area contributed by atoms with Crippen LogP contribution in [0.15, 0.2) is 12.2 Å². The first-order chi connectivity index (χ1) is 5.70. The van der Waals surface area contributed by atoms with E-state index < -0.39 is 0 Å². The minimum absolute atomic E-state index is 0.146. The van der Waals surface area contributed by atoms with Crippen LogP contribution in [0.5, 0.6) is 0 Å². The van der Waals surface area contributed by atoms with Crippen molar-refractivity contribution in [1.29, 1.82) is 0 Å². The maximum Gasteiger partial charge on any atom is 0.303 e. The number of rotatable bonds is 5. The van der Waals surface area contributed by atoms with Crippen LogP contribution in [0.25, 0.3) is 0 Å². The summed E-state index contributed by atoms with van der Waals surface area (Å²) in [6.07, 6.45) is 4.27. The first-order valence-electron chi connectivity index (χ1n) is 3.99. The molecule has 0 aliphatic heterocycles. The van der Waals surface area contributed by atoms with Gasteiger partial charge in [0.25, 0.3) is 0 Å². The van der Waals surface area contributed by atoms with Gasteiger partial charge in [-0.3, -0.25) is 4.79 Å². The average molecular weight is 172 g/mol. The van der Waals surface area contributed by atoms with Crippen LogP contribution in [-0.2, 0) is 14.3 Å². The van der Waals surface area contributed by atoms with Gasteiger partial charge in [-0.25, -0.2) is 0 Å². The van der Waals surface area contributed by atoms with Gasteiger partial charge in [-0.05, 0) is 13.0 Å². The third-order valence-corrected chi connectivity index (χ3v) is 1.33. The maximum absolute atomic E-state index is 10.6. The molecule has 3 heteroatoms. The lowest BCUT2D eigenvalue weighted by Gasteiger charge is -2.11. The molecule has 0 aliphatic carbocycles. The zero-order valence-corrected chi connectivity index (χ0v) is 7.87. The summed E-state index contributed by atoms with van der Waals surface area (Å²) in [7, 11) is 1.63. The molecule has 0 aliphatic rings. The van der Waals surface area contributed by atoms with Crippen molar-refractivity contribution in [2.45, 2.75) is 26.4 Å². The fraction of sp³-hybridized carbons (Fsp3) is 0.667. The molecule has 0 amide bonds. The molecular weight excluding hydrogens is 156 g/mol. The molecule has 0 heterocycles. The molecule has 0 spiro atoms. The van der Waals surface area contributed by atoms with Gasteiger partial charge in [-0.2, -0.15) is 0 Å². The van der Waals surface area contributed by atoms with Gasteiger partial charge in [-0.1, -0.05) is 6.08 Å². The predicted molar refractivity (Wildman–Crippen MR) is 46.9 cm³/mol.